The highest BCUT2D eigenvalue weighted by molar-refractivity contribution is 5.54. The standard InChI is InChI=1S/C13H14N2O/c14-9-13(5-6-13)11-3-1-10(2-4-11)12-15-7-8-16-12/h1-4,7-8H,5-6,9,14H2. The number of hydrogen-bond donors (Lipinski definition) is 1. The summed E-state index contributed by atoms with van der Waals surface area (Å²) in [5.41, 5.74) is 8.42. The molecule has 0 amide bonds. The molecule has 0 radical (unpaired) electrons. The van der Waals surface area contributed by atoms with Crippen LogP contribution in [0.5, 0.6) is 0 Å². The van der Waals surface area contributed by atoms with Gasteiger partial charge in [0.05, 0.1) is 6.20 Å². The van der Waals surface area contributed by atoms with Gasteiger partial charge >= 0.3 is 0 Å². The zero-order valence-corrected chi connectivity index (χ0v) is 9.02. The van der Waals surface area contributed by atoms with Crippen LogP contribution in [0.25, 0.3) is 11.5 Å². The van der Waals surface area contributed by atoms with Crippen molar-refractivity contribution in [2.45, 2.75) is 18.3 Å². The van der Waals surface area contributed by atoms with Crippen LogP contribution in [0.2, 0.25) is 0 Å². The summed E-state index contributed by atoms with van der Waals surface area (Å²) in [5, 5.41) is 0. The third kappa shape index (κ3) is 1.44. The van der Waals surface area contributed by atoms with Gasteiger partial charge in [-0.05, 0) is 30.5 Å². The van der Waals surface area contributed by atoms with Crippen molar-refractivity contribution in [3.63, 3.8) is 0 Å². The first-order valence-corrected chi connectivity index (χ1v) is 5.55. The number of hydrogen-bond acceptors (Lipinski definition) is 3. The molecule has 0 saturated heterocycles. The second kappa shape index (κ2) is 3.46. The average Bonchev–Trinajstić information content (AvgIpc) is 2.96. The molecule has 1 aliphatic carbocycles. The zero-order valence-electron chi connectivity index (χ0n) is 9.02. The van der Waals surface area contributed by atoms with Crippen LogP contribution in [-0.2, 0) is 5.41 Å². The first-order chi connectivity index (χ1) is 7.84. The van der Waals surface area contributed by atoms with E-state index < -0.39 is 0 Å². The molecule has 0 spiro atoms. The van der Waals surface area contributed by atoms with Gasteiger partial charge in [-0.3, -0.25) is 0 Å². The molecule has 0 aliphatic heterocycles. The lowest BCUT2D eigenvalue weighted by Crippen LogP contribution is -2.19. The lowest BCUT2D eigenvalue weighted by molar-refractivity contribution is 0.574. The van der Waals surface area contributed by atoms with Gasteiger partial charge in [0.25, 0.3) is 0 Å². The third-order valence-electron chi connectivity index (χ3n) is 3.42. The Labute approximate surface area is 94.3 Å². The highest BCUT2D eigenvalue weighted by Crippen LogP contribution is 2.47. The van der Waals surface area contributed by atoms with E-state index in [0.717, 1.165) is 12.1 Å². The summed E-state index contributed by atoms with van der Waals surface area (Å²) in [4.78, 5) is 4.12. The summed E-state index contributed by atoms with van der Waals surface area (Å²) < 4.78 is 5.25. The monoisotopic (exact) mass is 214 g/mol. The SMILES string of the molecule is NCC1(c2ccc(-c3ncco3)cc2)CC1. The molecule has 2 aromatic rings. The first-order valence-electron chi connectivity index (χ1n) is 5.55. The molecule has 1 fully saturated rings. The Morgan fingerprint density at radius 2 is 2.00 bits per heavy atom. The molecule has 0 bridgehead atoms. The fourth-order valence-corrected chi connectivity index (χ4v) is 2.09. The van der Waals surface area contributed by atoms with Gasteiger partial charge in [-0.15, -0.1) is 0 Å². The lowest BCUT2D eigenvalue weighted by Gasteiger charge is -2.12. The highest BCUT2D eigenvalue weighted by Gasteiger charge is 2.42. The van der Waals surface area contributed by atoms with E-state index in [9.17, 15) is 0 Å². The summed E-state index contributed by atoms with van der Waals surface area (Å²) in [6, 6.07) is 8.38. The van der Waals surface area contributed by atoms with E-state index in [0.29, 0.717) is 5.89 Å². The van der Waals surface area contributed by atoms with Crippen LogP contribution in [0.15, 0.2) is 41.1 Å². The number of nitrogens with zero attached hydrogens (tertiary/aromatic N) is 1. The number of oxazole rings is 1. The molecule has 1 heterocycles. The molecule has 0 unspecified atom stereocenters. The van der Waals surface area contributed by atoms with Gasteiger partial charge in [0.2, 0.25) is 5.89 Å². The fourth-order valence-electron chi connectivity index (χ4n) is 2.09. The predicted molar refractivity (Wildman–Crippen MR) is 61.9 cm³/mol. The van der Waals surface area contributed by atoms with E-state index >= 15 is 0 Å². The van der Waals surface area contributed by atoms with Gasteiger partial charge in [0, 0.05) is 17.5 Å². The van der Waals surface area contributed by atoms with Crippen molar-refractivity contribution in [3.05, 3.63) is 42.3 Å². The molecule has 82 valence electrons. The molecule has 1 saturated carbocycles. The molecule has 3 nitrogen and oxygen atoms in total. The summed E-state index contributed by atoms with van der Waals surface area (Å²) in [7, 11) is 0. The van der Waals surface area contributed by atoms with Crippen LogP contribution < -0.4 is 5.73 Å². The van der Waals surface area contributed by atoms with Gasteiger partial charge in [-0.25, -0.2) is 4.98 Å². The molecule has 1 aromatic heterocycles. The van der Waals surface area contributed by atoms with Crippen molar-refractivity contribution < 1.29 is 4.42 Å². The maximum absolute atomic E-state index is 5.80. The van der Waals surface area contributed by atoms with Crippen molar-refractivity contribution in [3.8, 4) is 11.5 Å². The van der Waals surface area contributed by atoms with E-state index in [1.54, 1.807) is 12.5 Å². The maximum Gasteiger partial charge on any atom is 0.225 e. The van der Waals surface area contributed by atoms with Crippen molar-refractivity contribution in [2.75, 3.05) is 6.54 Å². The summed E-state index contributed by atoms with van der Waals surface area (Å²) in [5.74, 6) is 0.671. The van der Waals surface area contributed by atoms with Crippen LogP contribution in [-0.4, -0.2) is 11.5 Å². The van der Waals surface area contributed by atoms with Gasteiger partial charge < -0.3 is 10.2 Å². The van der Waals surface area contributed by atoms with Crippen molar-refractivity contribution in [1.29, 1.82) is 0 Å². The molecule has 16 heavy (non-hydrogen) atoms. The molecule has 3 heteroatoms. The zero-order chi connectivity index (χ0) is 11.0. The normalized spacial score (nSPS) is 17.3. The van der Waals surface area contributed by atoms with Gasteiger partial charge in [-0.1, -0.05) is 12.1 Å². The van der Waals surface area contributed by atoms with Crippen molar-refractivity contribution in [1.82, 2.24) is 4.98 Å². The van der Waals surface area contributed by atoms with Gasteiger partial charge in [0.15, 0.2) is 0 Å². The van der Waals surface area contributed by atoms with Crippen LogP contribution in [0, 0.1) is 0 Å². The number of benzene rings is 1. The fraction of sp³-hybridized carbons (Fsp3) is 0.308. The molecule has 3 rings (SSSR count). The maximum atomic E-state index is 5.80. The van der Waals surface area contributed by atoms with E-state index in [1.807, 2.05) is 0 Å². The minimum Gasteiger partial charge on any atom is -0.445 e. The second-order valence-electron chi connectivity index (χ2n) is 4.40. The topological polar surface area (TPSA) is 52.0 Å². The Morgan fingerprint density at radius 3 is 2.50 bits per heavy atom. The molecule has 0 atom stereocenters. The Hall–Kier alpha value is -1.61. The summed E-state index contributed by atoms with van der Waals surface area (Å²) in [6.45, 7) is 0.741. The minimum absolute atomic E-state index is 0.259. The largest absolute Gasteiger partial charge is 0.445 e. The van der Waals surface area contributed by atoms with Crippen LogP contribution in [0.1, 0.15) is 18.4 Å². The number of rotatable bonds is 3. The van der Waals surface area contributed by atoms with Gasteiger partial charge in [-0.2, -0.15) is 0 Å². The van der Waals surface area contributed by atoms with Crippen LogP contribution in [0.3, 0.4) is 0 Å². The summed E-state index contributed by atoms with van der Waals surface area (Å²) >= 11 is 0. The van der Waals surface area contributed by atoms with Crippen LogP contribution in [0.4, 0.5) is 0 Å². The van der Waals surface area contributed by atoms with E-state index in [1.165, 1.54) is 18.4 Å². The summed E-state index contributed by atoms with van der Waals surface area (Å²) in [6.07, 6.45) is 5.67. The minimum atomic E-state index is 0.259. The highest BCUT2D eigenvalue weighted by atomic mass is 16.3. The Bertz CT molecular complexity index is 469. The Kier molecular flexibility index (Phi) is 2.07. The smallest absolute Gasteiger partial charge is 0.225 e. The molecular weight excluding hydrogens is 200 g/mol. The number of aromatic nitrogens is 1. The van der Waals surface area contributed by atoms with Crippen molar-refractivity contribution in [2.24, 2.45) is 5.73 Å². The Morgan fingerprint density at radius 1 is 1.25 bits per heavy atom. The predicted octanol–water partition coefficient (Wildman–Crippen LogP) is 2.33. The van der Waals surface area contributed by atoms with E-state index in [2.05, 4.69) is 29.2 Å². The third-order valence-corrected chi connectivity index (χ3v) is 3.42. The second-order valence-corrected chi connectivity index (χ2v) is 4.40. The molecule has 2 N–H and O–H groups in total. The van der Waals surface area contributed by atoms with Gasteiger partial charge in [0.1, 0.15) is 6.26 Å². The average molecular weight is 214 g/mol. The quantitative estimate of drug-likeness (QED) is 0.853. The molecule has 1 aromatic carbocycles. The lowest BCUT2D eigenvalue weighted by atomic mass is 9.95. The van der Waals surface area contributed by atoms with E-state index in [-0.39, 0.29) is 5.41 Å². The molecule has 1 aliphatic rings. The number of nitrogens with two attached hydrogens (primary N) is 1. The Balaban J connectivity index is 1.91. The van der Waals surface area contributed by atoms with Crippen molar-refractivity contribution >= 4 is 0 Å². The van der Waals surface area contributed by atoms with E-state index in [4.69, 9.17) is 10.2 Å². The first kappa shape index (κ1) is 9.60. The molecular formula is C13H14N2O. The van der Waals surface area contributed by atoms with Crippen LogP contribution >= 0.6 is 0 Å².